The monoisotopic (exact) mass is 1080 g/mol. The predicted octanol–water partition coefficient (Wildman–Crippen LogP) is 15.3. The molecule has 0 aliphatic heterocycles. The van der Waals surface area contributed by atoms with Crippen LogP contribution in [0.2, 0.25) is 0 Å². The quantitative estimate of drug-likeness (QED) is 0.108. The molecule has 338 valence electrons. The molecule has 0 N–H and O–H groups in total. The molecule has 4 nitrogen and oxygen atoms in total. The molecule has 0 aliphatic carbocycles. The summed E-state index contributed by atoms with van der Waals surface area (Å²) >= 11 is 0. The van der Waals surface area contributed by atoms with Gasteiger partial charge in [-0.2, -0.15) is 5.26 Å². The van der Waals surface area contributed by atoms with Crippen molar-refractivity contribution >= 4 is 0 Å². The van der Waals surface area contributed by atoms with E-state index >= 15 is 0 Å². The molecule has 0 saturated carbocycles. The van der Waals surface area contributed by atoms with Gasteiger partial charge in [-0.05, 0) is 131 Å². The molecule has 10 rings (SSSR count). The van der Waals surface area contributed by atoms with Crippen molar-refractivity contribution in [2.24, 2.45) is 0 Å². The van der Waals surface area contributed by atoms with Crippen molar-refractivity contribution in [2.75, 3.05) is 0 Å². The standard InChI is InChI=1S/C65H49N4.Ir/c1-44-11-10-12-45(2)65(44)60-41-64(69-43-46(60)3)55-33-34-59(61(40-55)52-27-25-49(42-66)26-28-52)58-14-5-4-13-57(58)56-38-50(19-17-47-21-29-53(30-22-47)62-15-6-8-35-67-62)37-51(39-56)20-18-48-23-31-54(32-24-48)63-16-7-9-36-68-63;/h4-16,21-29,31,34-41,43H,17-20H2,1-3H3;/q-3;+3/i3D3;. The van der Waals surface area contributed by atoms with Gasteiger partial charge in [-0.15, -0.1) is 94.5 Å². The molecule has 0 spiro atoms. The Kier molecular flexibility index (Phi) is 13.4. The van der Waals surface area contributed by atoms with Crippen LogP contribution in [0.4, 0.5) is 0 Å². The van der Waals surface area contributed by atoms with Gasteiger partial charge in [0.05, 0.1) is 11.6 Å². The molecule has 5 heteroatoms. The van der Waals surface area contributed by atoms with Gasteiger partial charge in [0.1, 0.15) is 0 Å². The van der Waals surface area contributed by atoms with Crippen LogP contribution >= 0.6 is 0 Å². The summed E-state index contributed by atoms with van der Waals surface area (Å²) in [5, 5.41) is 9.77. The first-order chi connectivity index (χ1) is 35.1. The number of benzene rings is 7. The van der Waals surface area contributed by atoms with Crippen LogP contribution in [0.15, 0.2) is 195 Å². The molecule has 0 fully saturated rings. The van der Waals surface area contributed by atoms with Gasteiger partial charge in [0.25, 0.3) is 0 Å². The van der Waals surface area contributed by atoms with Gasteiger partial charge in [0.15, 0.2) is 0 Å². The zero-order valence-electron chi connectivity index (χ0n) is 41.9. The summed E-state index contributed by atoms with van der Waals surface area (Å²) < 4.78 is 25.3. The number of rotatable bonds is 13. The summed E-state index contributed by atoms with van der Waals surface area (Å²) in [7, 11) is 0. The van der Waals surface area contributed by atoms with Crippen LogP contribution in [-0.4, -0.2) is 15.0 Å². The summed E-state index contributed by atoms with van der Waals surface area (Å²) in [6.45, 7) is 1.65. The van der Waals surface area contributed by atoms with Crippen LogP contribution < -0.4 is 0 Å². The van der Waals surface area contributed by atoms with Gasteiger partial charge >= 0.3 is 20.1 Å². The van der Waals surface area contributed by atoms with Crippen molar-refractivity contribution < 1.29 is 24.2 Å². The van der Waals surface area contributed by atoms with E-state index in [0.717, 1.165) is 104 Å². The fraction of sp³-hybridized carbons (Fsp3) is 0.108. The number of aryl methyl sites for hydroxylation is 7. The molecule has 0 saturated heterocycles. The number of aromatic nitrogens is 3. The Morgan fingerprint density at radius 1 is 0.457 bits per heavy atom. The molecule has 0 radical (unpaired) electrons. The molecule has 0 unspecified atom stereocenters. The molecule has 7 aromatic carbocycles. The maximum absolute atomic E-state index is 9.77. The fourth-order valence-corrected chi connectivity index (χ4v) is 9.22. The smallest absolute Gasteiger partial charge is 0.305 e. The first-order valence-corrected chi connectivity index (χ1v) is 23.3. The number of pyridine rings is 3. The van der Waals surface area contributed by atoms with Gasteiger partial charge < -0.3 is 15.0 Å². The van der Waals surface area contributed by atoms with E-state index in [9.17, 15) is 5.26 Å². The summed E-state index contributed by atoms with van der Waals surface area (Å²) in [6, 6.07) is 72.6. The van der Waals surface area contributed by atoms with E-state index in [1.165, 1.54) is 28.5 Å². The zero-order valence-corrected chi connectivity index (χ0v) is 41.3. The van der Waals surface area contributed by atoms with Gasteiger partial charge in [-0.1, -0.05) is 133 Å². The Balaban J connectivity index is 0.00000656. The van der Waals surface area contributed by atoms with Crippen molar-refractivity contribution in [3.8, 4) is 84.3 Å². The molecule has 0 amide bonds. The summed E-state index contributed by atoms with van der Waals surface area (Å²) in [5.41, 5.74) is 20.3. The van der Waals surface area contributed by atoms with Crippen molar-refractivity contribution in [2.45, 2.75) is 46.4 Å². The Hall–Kier alpha value is -7.87. The molecular weight excluding hydrogens is 1030 g/mol. The Morgan fingerprint density at radius 2 is 1.04 bits per heavy atom. The predicted molar refractivity (Wildman–Crippen MR) is 281 cm³/mol. The third kappa shape index (κ3) is 10.6. The van der Waals surface area contributed by atoms with E-state index in [0.29, 0.717) is 16.8 Å². The summed E-state index contributed by atoms with van der Waals surface area (Å²) in [4.78, 5) is 13.8. The van der Waals surface area contributed by atoms with E-state index in [1.54, 1.807) is 0 Å². The zero-order chi connectivity index (χ0) is 49.6. The van der Waals surface area contributed by atoms with E-state index in [-0.39, 0.29) is 25.7 Å². The Bertz CT molecular complexity index is 3440. The minimum Gasteiger partial charge on any atom is -0.305 e. The first-order valence-electron chi connectivity index (χ1n) is 24.8. The number of hydrogen-bond acceptors (Lipinski definition) is 4. The molecule has 3 aromatic heterocycles. The third-order valence-corrected chi connectivity index (χ3v) is 12.8. The summed E-state index contributed by atoms with van der Waals surface area (Å²) in [6.07, 6.45) is 8.48. The maximum Gasteiger partial charge on any atom is 3.00 e. The van der Waals surface area contributed by atoms with Gasteiger partial charge in [-0.25, -0.2) is 0 Å². The van der Waals surface area contributed by atoms with Crippen molar-refractivity contribution in [1.29, 1.82) is 5.26 Å². The number of nitrogens with zero attached hydrogens (tertiary/aromatic N) is 4. The van der Waals surface area contributed by atoms with Crippen molar-refractivity contribution in [3.63, 3.8) is 0 Å². The molecular formula is C65H49IrN4. The number of hydrogen-bond donors (Lipinski definition) is 0. The van der Waals surface area contributed by atoms with Crippen LogP contribution in [0, 0.1) is 50.2 Å². The fourth-order valence-electron chi connectivity index (χ4n) is 9.22. The molecule has 0 aliphatic rings. The summed E-state index contributed by atoms with van der Waals surface area (Å²) in [5.74, 6) is 0. The SMILES string of the molecule is [2H]C([2H])([2H])c1cnc(-c2[c-]cc(-c3ccccc3-c3cc(CCc4c[c-]c(-c5ccccn5)cc4)cc(CCc4c[c-]c(-c5ccccn5)cc4)c3)c(-c3ccc(C#N)cc3)c2)cc1-c1c(C)cccc1C.[Ir+3]. The van der Waals surface area contributed by atoms with E-state index in [1.807, 2.05) is 117 Å². The Labute approximate surface area is 430 Å². The van der Waals surface area contributed by atoms with Crippen LogP contribution in [0.25, 0.3) is 78.3 Å². The second kappa shape index (κ2) is 21.6. The average molecular weight is 1080 g/mol. The van der Waals surface area contributed by atoms with E-state index in [2.05, 4.69) is 119 Å². The molecule has 10 aromatic rings. The van der Waals surface area contributed by atoms with Crippen molar-refractivity contribution in [1.82, 2.24) is 15.0 Å². The Morgan fingerprint density at radius 3 is 1.60 bits per heavy atom. The minimum absolute atomic E-state index is 0. The van der Waals surface area contributed by atoms with Crippen LogP contribution in [-0.2, 0) is 45.8 Å². The van der Waals surface area contributed by atoms with Crippen LogP contribution in [0.1, 0.15) is 48.6 Å². The largest absolute Gasteiger partial charge is 3.00 e. The van der Waals surface area contributed by atoms with Gasteiger partial charge in [-0.3, -0.25) is 0 Å². The normalized spacial score (nSPS) is 11.7. The van der Waals surface area contributed by atoms with Gasteiger partial charge in [0, 0.05) is 22.7 Å². The minimum atomic E-state index is -2.37. The molecule has 0 atom stereocenters. The molecule has 3 heterocycles. The average Bonchev–Trinajstić information content (AvgIpc) is 3.42. The van der Waals surface area contributed by atoms with E-state index in [4.69, 9.17) is 9.10 Å². The number of nitriles is 1. The molecule has 70 heavy (non-hydrogen) atoms. The molecule has 0 bridgehead atoms. The topological polar surface area (TPSA) is 62.5 Å². The van der Waals surface area contributed by atoms with Gasteiger partial charge in [0.2, 0.25) is 0 Å². The third-order valence-electron chi connectivity index (χ3n) is 12.8. The van der Waals surface area contributed by atoms with Crippen LogP contribution in [0.3, 0.4) is 0 Å². The van der Waals surface area contributed by atoms with Crippen LogP contribution in [0.5, 0.6) is 0 Å². The second-order valence-corrected chi connectivity index (χ2v) is 17.5. The maximum atomic E-state index is 9.77. The van der Waals surface area contributed by atoms with E-state index < -0.39 is 6.85 Å². The van der Waals surface area contributed by atoms with Crippen molar-refractivity contribution in [3.05, 3.63) is 257 Å². The first kappa shape index (κ1) is 43.4. The second-order valence-electron chi connectivity index (χ2n) is 17.5.